The van der Waals surface area contributed by atoms with Crippen LogP contribution in [0.5, 0.6) is 5.75 Å². The number of ether oxygens (including phenoxy) is 1. The monoisotopic (exact) mass is 507 g/mol. The quantitative estimate of drug-likeness (QED) is 0.438. The van der Waals surface area contributed by atoms with Crippen molar-refractivity contribution in [1.82, 2.24) is 5.32 Å². The number of hydrogen-bond donors (Lipinski definition) is 1. The van der Waals surface area contributed by atoms with Crippen LogP contribution >= 0.6 is 28.3 Å². The van der Waals surface area contributed by atoms with Crippen LogP contribution in [-0.2, 0) is 13.2 Å². The molecule has 2 atom stereocenters. The highest BCUT2D eigenvalue weighted by atomic mass is 79.9. The van der Waals surface area contributed by atoms with E-state index in [1.54, 1.807) is 12.1 Å². The van der Waals surface area contributed by atoms with E-state index in [1.807, 2.05) is 18.2 Å². The lowest BCUT2D eigenvalue weighted by Crippen LogP contribution is -2.63. The molecule has 1 N–H and O–H groups in total. The van der Waals surface area contributed by atoms with Crippen molar-refractivity contribution in [2.24, 2.45) is 16.7 Å². The van der Waals surface area contributed by atoms with Gasteiger partial charge in [0.15, 0.2) is 0 Å². The van der Waals surface area contributed by atoms with Gasteiger partial charge in [-0.25, -0.2) is 4.39 Å². The van der Waals surface area contributed by atoms with Gasteiger partial charge in [0, 0.05) is 27.7 Å². The number of halogens is 3. The molecule has 4 aliphatic carbocycles. The highest BCUT2D eigenvalue weighted by Crippen LogP contribution is 2.66. The van der Waals surface area contributed by atoms with Crippen molar-refractivity contribution >= 4 is 28.3 Å². The Kier molecular flexibility index (Phi) is 6.22. The minimum absolute atomic E-state index is 0. The lowest BCUT2D eigenvalue weighted by Gasteiger charge is -2.65. The van der Waals surface area contributed by atoms with Crippen LogP contribution in [0.25, 0.3) is 0 Å². The van der Waals surface area contributed by atoms with E-state index in [9.17, 15) is 4.39 Å². The highest BCUT2D eigenvalue weighted by molar-refractivity contribution is 9.10. The molecule has 0 saturated heterocycles. The summed E-state index contributed by atoms with van der Waals surface area (Å²) in [5.74, 6) is 1.48. The first-order valence-corrected chi connectivity index (χ1v) is 11.9. The van der Waals surface area contributed by atoms with Gasteiger partial charge in [0.25, 0.3) is 0 Å². The molecule has 4 fully saturated rings. The first kappa shape index (κ1) is 23.1. The molecule has 6 rings (SSSR count). The average molecular weight is 509 g/mol. The highest BCUT2D eigenvalue weighted by Gasteiger charge is 2.59. The van der Waals surface area contributed by atoms with Gasteiger partial charge in [-0.05, 0) is 79.5 Å². The Morgan fingerprint density at radius 1 is 1.00 bits per heavy atom. The van der Waals surface area contributed by atoms with E-state index in [0.717, 1.165) is 28.2 Å². The largest absolute Gasteiger partial charge is 0.488 e. The predicted octanol–water partition coefficient (Wildman–Crippen LogP) is 7.43. The van der Waals surface area contributed by atoms with E-state index in [2.05, 4.69) is 41.2 Å². The number of rotatable bonds is 6. The summed E-state index contributed by atoms with van der Waals surface area (Å²) in [6.07, 6.45) is 8.06. The zero-order valence-corrected chi connectivity index (χ0v) is 20.8. The summed E-state index contributed by atoms with van der Waals surface area (Å²) >= 11 is 3.61. The Morgan fingerprint density at radius 3 is 2.39 bits per heavy atom. The van der Waals surface area contributed by atoms with Crippen molar-refractivity contribution in [2.75, 3.05) is 0 Å². The summed E-state index contributed by atoms with van der Waals surface area (Å²) in [5.41, 5.74) is 2.94. The SMILES string of the molecule is CC12CC3CC(C)(C1)CC(NCc1cc(Br)ccc1OCc1ccccc1F)(C3)C2.Cl. The lowest BCUT2D eigenvalue weighted by molar-refractivity contribution is -0.118. The van der Waals surface area contributed by atoms with Crippen molar-refractivity contribution in [3.8, 4) is 5.75 Å². The maximum Gasteiger partial charge on any atom is 0.129 e. The fourth-order valence-electron chi connectivity index (χ4n) is 7.53. The molecule has 4 saturated carbocycles. The van der Waals surface area contributed by atoms with Crippen molar-refractivity contribution in [2.45, 2.75) is 71.1 Å². The van der Waals surface area contributed by atoms with Gasteiger partial charge < -0.3 is 10.1 Å². The molecule has 0 spiro atoms. The maximum absolute atomic E-state index is 14.0. The van der Waals surface area contributed by atoms with Crippen LogP contribution in [0.1, 0.15) is 63.5 Å². The molecular weight excluding hydrogens is 477 g/mol. The Balaban J connectivity index is 0.00000231. The van der Waals surface area contributed by atoms with Crippen LogP contribution in [0.3, 0.4) is 0 Å². The zero-order chi connectivity index (χ0) is 21.0. The summed E-state index contributed by atoms with van der Waals surface area (Å²) < 4.78 is 21.1. The van der Waals surface area contributed by atoms with E-state index >= 15 is 0 Å². The lowest BCUT2D eigenvalue weighted by atomic mass is 9.43. The topological polar surface area (TPSA) is 21.3 Å². The van der Waals surface area contributed by atoms with E-state index in [1.165, 1.54) is 44.6 Å². The van der Waals surface area contributed by atoms with Gasteiger partial charge in [-0.15, -0.1) is 12.4 Å². The van der Waals surface area contributed by atoms with Gasteiger partial charge >= 0.3 is 0 Å². The number of benzene rings is 2. The van der Waals surface area contributed by atoms with E-state index in [0.29, 0.717) is 16.4 Å². The Hall–Kier alpha value is -1.10. The molecular formula is C26H32BrClFNO. The molecule has 2 unspecified atom stereocenters. The summed E-state index contributed by atoms with van der Waals surface area (Å²) in [6.45, 7) is 6.04. The predicted molar refractivity (Wildman–Crippen MR) is 129 cm³/mol. The molecule has 0 aromatic heterocycles. The van der Waals surface area contributed by atoms with Crippen molar-refractivity contribution in [1.29, 1.82) is 0 Å². The van der Waals surface area contributed by atoms with E-state index < -0.39 is 0 Å². The average Bonchev–Trinajstić information content (AvgIpc) is 2.64. The van der Waals surface area contributed by atoms with Gasteiger partial charge in [-0.2, -0.15) is 0 Å². The summed E-state index contributed by atoms with van der Waals surface area (Å²) in [5, 5.41) is 4.00. The molecule has 168 valence electrons. The number of hydrogen-bond acceptors (Lipinski definition) is 2. The van der Waals surface area contributed by atoms with Gasteiger partial charge in [0.05, 0.1) is 0 Å². The van der Waals surface area contributed by atoms with Gasteiger partial charge in [0.1, 0.15) is 18.2 Å². The first-order chi connectivity index (χ1) is 14.3. The smallest absolute Gasteiger partial charge is 0.129 e. The Bertz CT molecular complexity index is 948. The molecule has 0 heterocycles. The molecule has 2 aromatic rings. The fourth-order valence-corrected chi connectivity index (χ4v) is 7.93. The molecule has 0 radical (unpaired) electrons. The minimum atomic E-state index is -0.218. The molecule has 2 nitrogen and oxygen atoms in total. The summed E-state index contributed by atoms with van der Waals surface area (Å²) in [7, 11) is 0. The normalized spacial score (nSPS) is 33.2. The van der Waals surface area contributed by atoms with Crippen molar-refractivity contribution in [3.05, 3.63) is 63.9 Å². The van der Waals surface area contributed by atoms with Crippen LogP contribution in [0, 0.1) is 22.6 Å². The maximum atomic E-state index is 14.0. The van der Waals surface area contributed by atoms with Crippen LogP contribution in [0.15, 0.2) is 46.9 Å². The summed E-state index contributed by atoms with van der Waals surface area (Å²) in [6, 6.07) is 12.9. The van der Waals surface area contributed by atoms with Gasteiger partial charge in [-0.1, -0.05) is 48.0 Å². The third-order valence-electron chi connectivity index (χ3n) is 7.64. The Morgan fingerprint density at radius 2 is 1.71 bits per heavy atom. The van der Waals surface area contributed by atoms with Crippen LogP contribution in [-0.4, -0.2) is 5.54 Å². The molecule has 31 heavy (non-hydrogen) atoms. The first-order valence-electron chi connectivity index (χ1n) is 11.2. The van der Waals surface area contributed by atoms with Gasteiger partial charge in [-0.3, -0.25) is 0 Å². The third-order valence-corrected chi connectivity index (χ3v) is 8.14. The minimum Gasteiger partial charge on any atom is -0.488 e. The molecule has 5 heteroatoms. The second-order valence-electron chi connectivity index (χ2n) is 10.9. The molecule has 2 aromatic carbocycles. The second kappa shape index (κ2) is 8.35. The van der Waals surface area contributed by atoms with Crippen molar-refractivity contribution < 1.29 is 9.13 Å². The second-order valence-corrected chi connectivity index (χ2v) is 11.8. The van der Waals surface area contributed by atoms with E-state index in [-0.39, 0.29) is 30.4 Å². The van der Waals surface area contributed by atoms with Crippen LogP contribution in [0.2, 0.25) is 0 Å². The molecule has 0 aliphatic heterocycles. The van der Waals surface area contributed by atoms with E-state index in [4.69, 9.17) is 4.74 Å². The zero-order valence-electron chi connectivity index (χ0n) is 18.3. The number of nitrogens with one attached hydrogen (secondary N) is 1. The standard InChI is InChI=1S/C26H31BrFNO.ClH/c1-24-10-18-11-25(2,15-24)17-26(12-18,16-24)29-13-20-9-21(27)7-8-23(20)30-14-19-5-3-4-6-22(19)28;/h3-9,18,29H,10-17H2,1-2H3;1H. The molecule has 4 bridgehead atoms. The molecule has 0 amide bonds. The fraction of sp³-hybridized carbons (Fsp3) is 0.538. The molecule has 4 aliphatic rings. The Labute approximate surface area is 199 Å². The third kappa shape index (κ3) is 4.67. The van der Waals surface area contributed by atoms with Crippen LogP contribution in [0.4, 0.5) is 4.39 Å². The summed E-state index contributed by atoms with van der Waals surface area (Å²) in [4.78, 5) is 0. The van der Waals surface area contributed by atoms with Gasteiger partial charge in [0.2, 0.25) is 0 Å². The van der Waals surface area contributed by atoms with Crippen LogP contribution < -0.4 is 10.1 Å². The van der Waals surface area contributed by atoms with Crippen molar-refractivity contribution in [3.63, 3.8) is 0 Å².